The molecule has 164 valence electrons. The fraction of sp³-hybridized carbons (Fsp3) is 0.304. The number of hydrogen-bond acceptors (Lipinski definition) is 5. The van der Waals surface area contributed by atoms with Gasteiger partial charge in [-0.05, 0) is 24.1 Å². The molecule has 0 aromatic heterocycles. The van der Waals surface area contributed by atoms with Crippen LogP contribution in [0.4, 0.5) is 5.69 Å². The average Bonchev–Trinajstić information content (AvgIpc) is 3.30. The minimum atomic E-state index is -1.51. The number of imide groups is 1. The van der Waals surface area contributed by atoms with Crippen molar-refractivity contribution in [2.75, 3.05) is 5.32 Å². The number of halogens is 1. The van der Waals surface area contributed by atoms with Gasteiger partial charge in [0.1, 0.15) is 5.54 Å². The Hall–Kier alpha value is -3.23. The van der Waals surface area contributed by atoms with Gasteiger partial charge in [-0.3, -0.25) is 29.4 Å². The van der Waals surface area contributed by atoms with Crippen LogP contribution in [0.1, 0.15) is 23.1 Å². The monoisotopic (exact) mass is 452 g/mol. The van der Waals surface area contributed by atoms with E-state index in [0.717, 1.165) is 11.1 Å². The molecule has 8 nitrogen and oxygen atoms in total. The van der Waals surface area contributed by atoms with Crippen LogP contribution >= 0.6 is 11.6 Å². The van der Waals surface area contributed by atoms with Crippen LogP contribution in [0, 0.1) is 18.8 Å². The van der Waals surface area contributed by atoms with E-state index in [1.54, 1.807) is 12.1 Å². The Balaban J connectivity index is 1.64. The lowest BCUT2D eigenvalue weighted by Gasteiger charge is -2.29. The number of benzene rings is 2. The van der Waals surface area contributed by atoms with E-state index in [1.165, 1.54) is 4.90 Å². The van der Waals surface area contributed by atoms with Crippen LogP contribution in [0.25, 0.3) is 0 Å². The van der Waals surface area contributed by atoms with Crippen LogP contribution in [0.5, 0.6) is 0 Å². The van der Waals surface area contributed by atoms with Crippen molar-refractivity contribution in [2.24, 2.45) is 17.6 Å². The Labute approximate surface area is 189 Å². The molecule has 4 unspecified atom stereocenters. The van der Waals surface area contributed by atoms with Gasteiger partial charge >= 0.3 is 0 Å². The van der Waals surface area contributed by atoms with Gasteiger partial charge in [0.2, 0.25) is 23.6 Å². The first-order chi connectivity index (χ1) is 15.2. The van der Waals surface area contributed by atoms with E-state index in [0.29, 0.717) is 16.3 Å². The molecule has 0 radical (unpaired) electrons. The van der Waals surface area contributed by atoms with Crippen molar-refractivity contribution in [3.8, 4) is 0 Å². The standard InChI is InChI=1S/C23H21ClN4O4/c1-11-7-13-19(14(24)8-11)26-22(32)23(13)18-17(15(27-23)9-16(25)29)20(30)28(21(18)31)10-12-5-3-2-4-6-12/h2-8,15,17-18,27H,9-10H2,1H3,(H2,25,29)(H,26,32). The second-order valence-electron chi connectivity index (χ2n) is 8.60. The fourth-order valence-corrected chi connectivity index (χ4v) is 5.69. The molecule has 5 rings (SSSR count). The van der Waals surface area contributed by atoms with Crippen LogP contribution in [0.2, 0.25) is 5.02 Å². The number of likely N-dealkylation sites (tertiary alicyclic amines) is 1. The molecule has 3 aliphatic rings. The summed E-state index contributed by atoms with van der Waals surface area (Å²) in [5.74, 6) is -3.87. The predicted octanol–water partition coefficient (Wildman–Crippen LogP) is 1.44. The van der Waals surface area contributed by atoms with Crippen molar-refractivity contribution < 1.29 is 19.2 Å². The Bertz CT molecular complexity index is 1180. The number of amides is 4. The molecule has 2 fully saturated rings. The summed E-state index contributed by atoms with van der Waals surface area (Å²) in [4.78, 5) is 53.5. The molecular weight excluding hydrogens is 432 g/mol. The summed E-state index contributed by atoms with van der Waals surface area (Å²) in [6.07, 6.45) is -0.177. The molecule has 0 saturated carbocycles. The van der Waals surface area contributed by atoms with Gasteiger partial charge in [0.05, 0.1) is 29.1 Å². The van der Waals surface area contributed by atoms with Gasteiger partial charge < -0.3 is 11.1 Å². The molecule has 1 spiro atoms. The molecule has 0 bridgehead atoms. The molecule has 3 heterocycles. The summed E-state index contributed by atoms with van der Waals surface area (Å²) >= 11 is 6.39. The molecule has 2 aromatic carbocycles. The van der Waals surface area contributed by atoms with E-state index in [1.807, 2.05) is 37.3 Å². The van der Waals surface area contributed by atoms with Crippen molar-refractivity contribution in [1.29, 1.82) is 0 Å². The minimum Gasteiger partial charge on any atom is -0.370 e. The maximum Gasteiger partial charge on any atom is 0.250 e. The number of hydrogen-bond donors (Lipinski definition) is 3. The highest BCUT2D eigenvalue weighted by atomic mass is 35.5. The van der Waals surface area contributed by atoms with Crippen molar-refractivity contribution >= 4 is 40.9 Å². The highest BCUT2D eigenvalue weighted by Crippen LogP contribution is 2.54. The van der Waals surface area contributed by atoms with Gasteiger partial charge in [0.15, 0.2) is 0 Å². The zero-order chi connectivity index (χ0) is 22.8. The van der Waals surface area contributed by atoms with Gasteiger partial charge in [0, 0.05) is 18.0 Å². The third kappa shape index (κ3) is 2.79. The molecular formula is C23H21ClN4O4. The van der Waals surface area contributed by atoms with E-state index in [2.05, 4.69) is 10.6 Å². The van der Waals surface area contributed by atoms with E-state index < -0.39 is 47.0 Å². The van der Waals surface area contributed by atoms with Crippen LogP contribution in [-0.4, -0.2) is 34.6 Å². The lowest BCUT2D eigenvalue weighted by molar-refractivity contribution is -0.143. The average molecular weight is 453 g/mol. The highest BCUT2D eigenvalue weighted by molar-refractivity contribution is 6.35. The summed E-state index contributed by atoms with van der Waals surface area (Å²) < 4.78 is 0. The number of carbonyl (C=O) groups excluding carboxylic acids is 4. The third-order valence-corrected chi connectivity index (χ3v) is 6.91. The largest absolute Gasteiger partial charge is 0.370 e. The van der Waals surface area contributed by atoms with E-state index in [9.17, 15) is 19.2 Å². The molecule has 2 aromatic rings. The highest BCUT2D eigenvalue weighted by Gasteiger charge is 2.70. The van der Waals surface area contributed by atoms with Crippen molar-refractivity contribution in [1.82, 2.24) is 10.2 Å². The maximum absolute atomic E-state index is 13.7. The number of anilines is 1. The SMILES string of the molecule is Cc1cc(Cl)c2c(c1)C1(NC(CC(N)=O)C3C(=O)N(Cc4ccccc4)C(=O)C31)C(=O)N2. The van der Waals surface area contributed by atoms with Gasteiger partial charge in [-0.2, -0.15) is 0 Å². The number of nitrogens with one attached hydrogen (secondary N) is 2. The molecule has 4 amide bonds. The summed E-state index contributed by atoms with van der Waals surface area (Å²) in [5, 5.41) is 6.29. The van der Waals surface area contributed by atoms with Gasteiger partial charge in [-0.1, -0.05) is 48.0 Å². The summed E-state index contributed by atoms with van der Waals surface area (Å²) in [5.41, 5.74) is 6.46. The van der Waals surface area contributed by atoms with Gasteiger partial charge in [0.25, 0.3) is 0 Å². The Morgan fingerprint density at radius 2 is 1.88 bits per heavy atom. The van der Waals surface area contributed by atoms with E-state index >= 15 is 0 Å². The number of nitrogens with zero attached hydrogens (tertiary/aromatic N) is 1. The summed E-state index contributed by atoms with van der Waals surface area (Å²) in [6, 6.07) is 11.9. The number of aryl methyl sites for hydroxylation is 1. The zero-order valence-electron chi connectivity index (χ0n) is 17.2. The topological polar surface area (TPSA) is 122 Å². The number of primary amides is 1. The second kappa shape index (κ2) is 7.15. The number of carbonyl (C=O) groups is 4. The molecule has 4 atom stereocenters. The van der Waals surface area contributed by atoms with Crippen LogP contribution in [0.15, 0.2) is 42.5 Å². The fourth-order valence-electron chi connectivity index (χ4n) is 5.37. The Morgan fingerprint density at radius 1 is 1.16 bits per heavy atom. The first-order valence-corrected chi connectivity index (χ1v) is 10.7. The smallest absolute Gasteiger partial charge is 0.250 e. The van der Waals surface area contributed by atoms with Crippen molar-refractivity contribution in [2.45, 2.75) is 31.5 Å². The number of rotatable bonds is 4. The van der Waals surface area contributed by atoms with Crippen LogP contribution in [-0.2, 0) is 31.3 Å². The summed E-state index contributed by atoms with van der Waals surface area (Å²) in [6.45, 7) is 1.92. The first kappa shape index (κ1) is 20.7. The molecule has 3 aliphatic heterocycles. The normalized spacial score (nSPS) is 28.2. The molecule has 32 heavy (non-hydrogen) atoms. The number of nitrogens with two attached hydrogens (primary N) is 1. The molecule has 0 aliphatic carbocycles. The van der Waals surface area contributed by atoms with Crippen molar-refractivity contribution in [3.05, 3.63) is 64.2 Å². The lowest BCUT2D eigenvalue weighted by Crippen LogP contribution is -2.53. The molecule has 4 N–H and O–H groups in total. The number of fused-ring (bicyclic) bond motifs is 4. The third-order valence-electron chi connectivity index (χ3n) is 6.62. The predicted molar refractivity (Wildman–Crippen MR) is 116 cm³/mol. The first-order valence-electron chi connectivity index (χ1n) is 10.3. The maximum atomic E-state index is 13.7. The van der Waals surface area contributed by atoms with E-state index in [4.69, 9.17) is 17.3 Å². The van der Waals surface area contributed by atoms with Crippen LogP contribution in [0.3, 0.4) is 0 Å². The van der Waals surface area contributed by atoms with Crippen molar-refractivity contribution in [3.63, 3.8) is 0 Å². The second-order valence-corrected chi connectivity index (χ2v) is 9.01. The quantitative estimate of drug-likeness (QED) is 0.606. The lowest BCUT2D eigenvalue weighted by atomic mass is 9.76. The van der Waals surface area contributed by atoms with E-state index in [-0.39, 0.29) is 13.0 Å². The Kier molecular flexibility index (Phi) is 4.61. The van der Waals surface area contributed by atoms with Gasteiger partial charge in [-0.25, -0.2) is 0 Å². The zero-order valence-corrected chi connectivity index (χ0v) is 18.0. The summed E-state index contributed by atoms with van der Waals surface area (Å²) in [7, 11) is 0. The Morgan fingerprint density at radius 3 is 2.56 bits per heavy atom. The molecule has 9 heteroatoms. The minimum absolute atomic E-state index is 0.0912. The molecule has 2 saturated heterocycles. The van der Waals surface area contributed by atoms with Gasteiger partial charge in [-0.15, -0.1) is 0 Å². The van der Waals surface area contributed by atoms with Crippen LogP contribution < -0.4 is 16.4 Å².